The SMILES string of the molecule is Cl.O=C(NC1CCCCC1)c1nn(CC2CC2)c2c1CNCC2. The van der Waals surface area contributed by atoms with Gasteiger partial charge in [0.15, 0.2) is 5.69 Å². The molecular formula is C17H27ClN4O. The molecular weight excluding hydrogens is 312 g/mol. The molecule has 3 aliphatic rings. The van der Waals surface area contributed by atoms with Crippen LogP contribution in [0.15, 0.2) is 0 Å². The number of carbonyl (C=O) groups is 1. The average molecular weight is 339 g/mol. The Morgan fingerprint density at radius 1 is 1.22 bits per heavy atom. The molecule has 1 aliphatic heterocycles. The van der Waals surface area contributed by atoms with Gasteiger partial charge in [0.1, 0.15) is 0 Å². The number of hydrogen-bond donors (Lipinski definition) is 2. The molecule has 0 radical (unpaired) electrons. The minimum Gasteiger partial charge on any atom is -0.348 e. The highest BCUT2D eigenvalue weighted by molar-refractivity contribution is 5.94. The van der Waals surface area contributed by atoms with E-state index < -0.39 is 0 Å². The Kier molecular flexibility index (Phi) is 5.27. The van der Waals surface area contributed by atoms with Crippen molar-refractivity contribution in [2.45, 2.75) is 70.5 Å². The third kappa shape index (κ3) is 3.72. The van der Waals surface area contributed by atoms with Crippen molar-refractivity contribution in [1.82, 2.24) is 20.4 Å². The Morgan fingerprint density at radius 3 is 2.74 bits per heavy atom. The van der Waals surface area contributed by atoms with Gasteiger partial charge in [0, 0.05) is 43.4 Å². The molecule has 2 fully saturated rings. The minimum absolute atomic E-state index is 0. The Balaban J connectivity index is 0.00000156. The van der Waals surface area contributed by atoms with E-state index in [2.05, 4.69) is 15.3 Å². The van der Waals surface area contributed by atoms with Crippen LogP contribution in [0.2, 0.25) is 0 Å². The number of rotatable bonds is 4. The van der Waals surface area contributed by atoms with E-state index in [1.165, 1.54) is 37.8 Å². The summed E-state index contributed by atoms with van der Waals surface area (Å²) in [4.78, 5) is 12.7. The Labute approximate surface area is 144 Å². The molecule has 2 saturated carbocycles. The van der Waals surface area contributed by atoms with Crippen LogP contribution in [-0.2, 0) is 19.5 Å². The molecule has 6 heteroatoms. The monoisotopic (exact) mass is 338 g/mol. The van der Waals surface area contributed by atoms with E-state index in [9.17, 15) is 4.79 Å². The third-order valence-corrected chi connectivity index (χ3v) is 5.29. The summed E-state index contributed by atoms with van der Waals surface area (Å²) >= 11 is 0. The van der Waals surface area contributed by atoms with Crippen molar-refractivity contribution in [1.29, 1.82) is 0 Å². The molecule has 0 unspecified atom stereocenters. The summed E-state index contributed by atoms with van der Waals surface area (Å²) in [5.41, 5.74) is 3.10. The van der Waals surface area contributed by atoms with Crippen LogP contribution in [0.5, 0.6) is 0 Å². The second kappa shape index (κ2) is 7.22. The van der Waals surface area contributed by atoms with Crippen LogP contribution in [0.3, 0.4) is 0 Å². The zero-order valence-electron chi connectivity index (χ0n) is 13.6. The van der Waals surface area contributed by atoms with E-state index in [-0.39, 0.29) is 18.3 Å². The lowest BCUT2D eigenvalue weighted by atomic mass is 9.95. The van der Waals surface area contributed by atoms with Gasteiger partial charge in [0.2, 0.25) is 0 Å². The number of halogens is 1. The summed E-state index contributed by atoms with van der Waals surface area (Å²) in [5.74, 6) is 0.828. The van der Waals surface area contributed by atoms with Gasteiger partial charge in [-0.3, -0.25) is 9.48 Å². The molecule has 0 atom stereocenters. The molecule has 5 nitrogen and oxygen atoms in total. The van der Waals surface area contributed by atoms with Gasteiger partial charge < -0.3 is 10.6 Å². The molecule has 1 aromatic heterocycles. The van der Waals surface area contributed by atoms with Crippen molar-refractivity contribution >= 4 is 18.3 Å². The van der Waals surface area contributed by atoms with Crippen LogP contribution in [0.25, 0.3) is 0 Å². The maximum absolute atomic E-state index is 12.7. The fourth-order valence-corrected chi connectivity index (χ4v) is 3.80. The molecule has 2 aliphatic carbocycles. The van der Waals surface area contributed by atoms with Crippen LogP contribution in [-0.4, -0.2) is 28.3 Å². The fourth-order valence-electron chi connectivity index (χ4n) is 3.80. The Morgan fingerprint density at radius 2 is 2.00 bits per heavy atom. The normalized spacial score (nSPS) is 21.4. The number of aromatic nitrogens is 2. The van der Waals surface area contributed by atoms with Crippen LogP contribution in [0, 0.1) is 5.92 Å². The average Bonchev–Trinajstić information content (AvgIpc) is 3.29. The van der Waals surface area contributed by atoms with Crippen LogP contribution in [0.4, 0.5) is 0 Å². The summed E-state index contributed by atoms with van der Waals surface area (Å²) in [7, 11) is 0. The molecule has 2 heterocycles. The first-order valence-electron chi connectivity index (χ1n) is 8.91. The van der Waals surface area contributed by atoms with E-state index in [4.69, 9.17) is 5.10 Å². The topological polar surface area (TPSA) is 59.0 Å². The molecule has 0 aromatic carbocycles. The predicted octanol–water partition coefficient (Wildman–Crippen LogP) is 2.42. The summed E-state index contributed by atoms with van der Waals surface area (Å²) in [5, 5.41) is 11.3. The maximum Gasteiger partial charge on any atom is 0.272 e. The second-order valence-electron chi connectivity index (χ2n) is 7.13. The quantitative estimate of drug-likeness (QED) is 0.886. The number of amides is 1. The number of nitrogens with one attached hydrogen (secondary N) is 2. The number of carbonyl (C=O) groups excluding carboxylic acids is 1. The zero-order valence-corrected chi connectivity index (χ0v) is 14.5. The van der Waals surface area contributed by atoms with Gasteiger partial charge in [-0.15, -0.1) is 12.4 Å². The van der Waals surface area contributed by atoms with Gasteiger partial charge in [-0.2, -0.15) is 5.10 Å². The maximum atomic E-state index is 12.7. The van der Waals surface area contributed by atoms with Gasteiger partial charge in [-0.25, -0.2) is 0 Å². The van der Waals surface area contributed by atoms with Gasteiger partial charge >= 0.3 is 0 Å². The van der Waals surface area contributed by atoms with Crippen molar-refractivity contribution in [3.8, 4) is 0 Å². The van der Waals surface area contributed by atoms with Gasteiger partial charge in [-0.05, 0) is 31.6 Å². The highest BCUT2D eigenvalue weighted by Crippen LogP contribution is 2.32. The first kappa shape index (κ1) is 16.8. The third-order valence-electron chi connectivity index (χ3n) is 5.29. The van der Waals surface area contributed by atoms with E-state index >= 15 is 0 Å². The Hall–Kier alpha value is -1.07. The van der Waals surface area contributed by atoms with Gasteiger partial charge in [-0.1, -0.05) is 19.3 Å². The number of fused-ring (bicyclic) bond motifs is 1. The largest absolute Gasteiger partial charge is 0.348 e. The summed E-state index contributed by atoms with van der Waals surface area (Å²) in [6.45, 7) is 2.78. The molecule has 1 amide bonds. The zero-order chi connectivity index (χ0) is 14.9. The molecule has 0 spiro atoms. The van der Waals surface area contributed by atoms with Crippen molar-refractivity contribution in [2.75, 3.05) is 6.54 Å². The van der Waals surface area contributed by atoms with Crippen molar-refractivity contribution in [2.24, 2.45) is 5.92 Å². The highest BCUT2D eigenvalue weighted by Gasteiger charge is 2.29. The Bertz CT molecular complexity index is 561. The number of hydrogen-bond acceptors (Lipinski definition) is 3. The van der Waals surface area contributed by atoms with Crippen molar-refractivity contribution < 1.29 is 4.79 Å². The molecule has 0 saturated heterocycles. The first-order chi connectivity index (χ1) is 10.8. The van der Waals surface area contributed by atoms with Crippen LogP contribution in [0.1, 0.15) is 66.7 Å². The standard InChI is InChI=1S/C17H26N4O.ClH/c22-17(19-13-4-2-1-3-5-13)16-14-10-18-9-8-15(14)21(20-16)11-12-6-7-12;/h12-13,18H,1-11H2,(H,19,22);1H. The van der Waals surface area contributed by atoms with Crippen molar-refractivity contribution in [3.05, 3.63) is 17.0 Å². The van der Waals surface area contributed by atoms with Gasteiger partial charge in [0.05, 0.1) is 0 Å². The lowest BCUT2D eigenvalue weighted by Gasteiger charge is -2.22. The number of nitrogens with zero attached hydrogens (tertiary/aromatic N) is 2. The molecule has 128 valence electrons. The smallest absolute Gasteiger partial charge is 0.272 e. The van der Waals surface area contributed by atoms with Crippen molar-refractivity contribution in [3.63, 3.8) is 0 Å². The van der Waals surface area contributed by atoms with Crippen LogP contribution < -0.4 is 10.6 Å². The van der Waals surface area contributed by atoms with E-state index in [0.29, 0.717) is 11.7 Å². The summed E-state index contributed by atoms with van der Waals surface area (Å²) in [6, 6.07) is 0.349. The van der Waals surface area contributed by atoms with E-state index in [0.717, 1.165) is 50.4 Å². The van der Waals surface area contributed by atoms with E-state index in [1.807, 2.05) is 0 Å². The first-order valence-corrected chi connectivity index (χ1v) is 8.91. The molecule has 2 N–H and O–H groups in total. The molecule has 1 aromatic rings. The molecule has 23 heavy (non-hydrogen) atoms. The fraction of sp³-hybridized carbons (Fsp3) is 0.765. The lowest BCUT2D eigenvalue weighted by molar-refractivity contribution is 0.0920. The minimum atomic E-state index is 0. The molecule has 0 bridgehead atoms. The highest BCUT2D eigenvalue weighted by atomic mass is 35.5. The van der Waals surface area contributed by atoms with Gasteiger partial charge in [0.25, 0.3) is 5.91 Å². The second-order valence-corrected chi connectivity index (χ2v) is 7.13. The van der Waals surface area contributed by atoms with E-state index in [1.54, 1.807) is 0 Å². The summed E-state index contributed by atoms with van der Waals surface area (Å²) < 4.78 is 2.13. The predicted molar refractivity (Wildman–Crippen MR) is 91.9 cm³/mol. The molecule has 4 rings (SSSR count). The lowest BCUT2D eigenvalue weighted by Crippen LogP contribution is -2.37. The summed E-state index contributed by atoms with van der Waals surface area (Å²) in [6.07, 6.45) is 9.64. The van der Waals surface area contributed by atoms with Crippen LogP contribution >= 0.6 is 12.4 Å².